The molecule has 7 heteroatoms. The van der Waals surface area contributed by atoms with E-state index in [2.05, 4.69) is 0 Å². The molecule has 0 radical (unpaired) electrons. The third-order valence-electron chi connectivity index (χ3n) is 0. The van der Waals surface area contributed by atoms with Gasteiger partial charge in [0.25, 0.3) is 0 Å². The Hall–Kier alpha value is 2.01. The number of rotatable bonds is 0. The smallest absolute Gasteiger partial charge is 0.907 e. The molecular formula is H2AlBBaO4+2. The minimum absolute atomic E-state index is 0. The zero-order valence-corrected chi connectivity index (χ0v) is 9.18. The summed E-state index contributed by atoms with van der Waals surface area (Å²) in [4.78, 5) is 0. The molecule has 0 amide bonds. The van der Waals surface area contributed by atoms with Crippen LogP contribution in [0.25, 0.3) is 0 Å². The van der Waals surface area contributed by atoms with E-state index in [1.807, 2.05) is 0 Å². The molecule has 0 saturated heterocycles. The average Bonchev–Trinajstić information content (AvgIpc) is 0.811. The van der Waals surface area contributed by atoms with E-state index in [1.54, 1.807) is 0 Å². The minimum atomic E-state index is -2.92. The zero-order valence-electron chi connectivity index (χ0n) is 3.59. The SMILES string of the molecule is O.[Al+3].[Ba+2].[O-]B([O-])[O-]. The topological polar surface area (TPSA) is 101 Å². The van der Waals surface area contributed by atoms with Crippen LogP contribution in [0.1, 0.15) is 0 Å². The molecule has 0 atom stereocenters. The van der Waals surface area contributed by atoms with Gasteiger partial charge in [0.1, 0.15) is 0 Å². The van der Waals surface area contributed by atoms with Gasteiger partial charge >= 0.3 is 66.2 Å². The zero-order chi connectivity index (χ0) is 3.58. The monoisotopic (exact) mass is 242 g/mol. The second kappa shape index (κ2) is 15.7. The van der Waals surface area contributed by atoms with Crippen molar-refractivity contribution < 1.29 is 20.5 Å². The van der Waals surface area contributed by atoms with E-state index < -0.39 is 7.32 Å². The van der Waals surface area contributed by atoms with Gasteiger partial charge in [0.15, 0.2) is 0 Å². The van der Waals surface area contributed by atoms with Crippen molar-refractivity contribution in [1.82, 2.24) is 0 Å². The Morgan fingerprint density at radius 3 is 1.00 bits per heavy atom. The van der Waals surface area contributed by atoms with Gasteiger partial charge in [-0.1, -0.05) is 0 Å². The van der Waals surface area contributed by atoms with Crippen molar-refractivity contribution in [3.05, 3.63) is 0 Å². The molecule has 0 saturated carbocycles. The van der Waals surface area contributed by atoms with Gasteiger partial charge < -0.3 is 20.5 Å². The molecule has 7 heavy (non-hydrogen) atoms. The van der Waals surface area contributed by atoms with E-state index in [0.717, 1.165) is 0 Å². The fraction of sp³-hybridized carbons (Fsp3) is 0. The van der Waals surface area contributed by atoms with E-state index in [-0.39, 0.29) is 71.7 Å². The fourth-order valence-electron chi connectivity index (χ4n) is 0. The van der Waals surface area contributed by atoms with Crippen LogP contribution in [0.15, 0.2) is 0 Å². The van der Waals surface area contributed by atoms with Crippen LogP contribution in [0, 0.1) is 0 Å². The predicted molar refractivity (Wildman–Crippen MR) is 20.9 cm³/mol. The molecule has 0 aliphatic rings. The molecule has 0 aliphatic heterocycles. The Bertz CT molecular complexity index is 16.4. The molecule has 32 valence electrons. The molecule has 0 aromatic carbocycles. The summed E-state index contributed by atoms with van der Waals surface area (Å²) in [6, 6.07) is 0. The Morgan fingerprint density at radius 1 is 1.00 bits per heavy atom. The van der Waals surface area contributed by atoms with Crippen LogP contribution in [-0.2, 0) is 0 Å². The van der Waals surface area contributed by atoms with E-state index in [0.29, 0.717) is 0 Å². The second-order valence-corrected chi connectivity index (χ2v) is 0.289. The van der Waals surface area contributed by atoms with Crippen LogP contribution >= 0.6 is 0 Å². The summed E-state index contributed by atoms with van der Waals surface area (Å²) in [5.41, 5.74) is 0. The number of hydrogen-bond acceptors (Lipinski definition) is 3. The normalized spacial score (nSPS) is 3.86. The summed E-state index contributed by atoms with van der Waals surface area (Å²) < 4.78 is 0. The minimum Gasteiger partial charge on any atom is -0.907 e. The first-order valence-electron chi connectivity index (χ1n) is 0.707. The Labute approximate surface area is 92.6 Å². The van der Waals surface area contributed by atoms with Crippen molar-refractivity contribution in [3.8, 4) is 0 Å². The summed E-state index contributed by atoms with van der Waals surface area (Å²) in [5, 5.41) is 25.2. The Balaban J connectivity index is -0.0000000150. The van der Waals surface area contributed by atoms with Gasteiger partial charge in [-0.2, -0.15) is 0 Å². The van der Waals surface area contributed by atoms with Crippen LogP contribution in [0.3, 0.4) is 0 Å². The van der Waals surface area contributed by atoms with Crippen LogP contribution in [-0.4, -0.2) is 79.0 Å². The van der Waals surface area contributed by atoms with Crippen molar-refractivity contribution in [1.29, 1.82) is 0 Å². The maximum Gasteiger partial charge on any atom is 3.00 e. The maximum absolute atomic E-state index is 8.42. The van der Waals surface area contributed by atoms with E-state index in [1.165, 1.54) is 0 Å². The van der Waals surface area contributed by atoms with E-state index in [9.17, 15) is 0 Å². The van der Waals surface area contributed by atoms with E-state index in [4.69, 9.17) is 15.1 Å². The van der Waals surface area contributed by atoms with Gasteiger partial charge in [0.05, 0.1) is 0 Å². The molecule has 0 bridgehead atoms. The van der Waals surface area contributed by atoms with Crippen molar-refractivity contribution in [2.75, 3.05) is 0 Å². The van der Waals surface area contributed by atoms with Crippen LogP contribution in [0.5, 0.6) is 0 Å². The Morgan fingerprint density at radius 2 is 1.00 bits per heavy atom. The quantitative estimate of drug-likeness (QED) is 0.395. The molecule has 0 aromatic heterocycles. The molecule has 0 unspecified atom stereocenters. The van der Waals surface area contributed by atoms with Gasteiger partial charge in [-0.05, 0) is 0 Å². The van der Waals surface area contributed by atoms with Gasteiger partial charge in [-0.25, -0.2) is 0 Å². The van der Waals surface area contributed by atoms with Crippen molar-refractivity contribution >= 4 is 73.6 Å². The molecule has 0 fully saturated rings. The molecular weight excluding hydrogens is 239 g/mol. The summed E-state index contributed by atoms with van der Waals surface area (Å²) >= 11 is 0. The predicted octanol–water partition coefficient (Wildman–Crippen LogP) is -5.53. The summed E-state index contributed by atoms with van der Waals surface area (Å²) in [6.07, 6.45) is 0. The average molecular weight is 241 g/mol. The first kappa shape index (κ1) is 23.0. The third-order valence-corrected chi connectivity index (χ3v) is 0. The van der Waals surface area contributed by atoms with Crippen molar-refractivity contribution in [2.45, 2.75) is 0 Å². The molecule has 2 N–H and O–H groups in total. The molecule has 0 aromatic rings. The summed E-state index contributed by atoms with van der Waals surface area (Å²) in [7, 11) is -2.92. The Kier molecular flexibility index (Phi) is 51.6. The van der Waals surface area contributed by atoms with Crippen molar-refractivity contribution in [3.63, 3.8) is 0 Å². The molecule has 0 rings (SSSR count). The molecule has 0 heterocycles. The van der Waals surface area contributed by atoms with Crippen LogP contribution < -0.4 is 15.1 Å². The van der Waals surface area contributed by atoms with Gasteiger partial charge in [0.2, 0.25) is 0 Å². The van der Waals surface area contributed by atoms with Crippen LogP contribution in [0.4, 0.5) is 0 Å². The molecule has 0 spiro atoms. The van der Waals surface area contributed by atoms with Gasteiger partial charge in [-0.15, -0.1) is 0 Å². The molecule has 4 nitrogen and oxygen atoms in total. The fourth-order valence-corrected chi connectivity index (χ4v) is 0. The standard InChI is InChI=1S/Al.BO3.Ba.H2O/c;2-1(3)4;;/h;;;1H2/q+3;-3;+2;. The van der Waals surface area contributed by atoms with Crippen LogP contribution in [0.2, 0.25) is 0 Å². The first-order chi connectivity index (χ1) is 1.73. The maximum atomic E-state index is 8.42. The first-order valence-corrected chi connectivity index (χ1v) is 0.707. The summed E-state index contributed by atoms with van der Waals surface area (Å²) in [6.45, 7) is 0. The summed E-state index contributed by atoms with van der Waals surface area (Å²) in [5.74, 6) is 0. The van der Waals surface area contributed by atoms with Gasteiger partial charge in [0, 0.05) is 0 Å². The number of hydrogen-bond donors (Lipinski definition) is 0. The third kappa shape index (κ3) is 71.7. The second-order valence-electron chi connectivity index (χ2n) is 0.289. The molecule has 0 aliphatic carbocycles. The van der Waals surface area contributed by atoms with Gasteiger partial charge in [-0.3, -0.25) is 7.32 Å². The van der Waals surface area contributed by atoms with E-state index >= 15 is 0 Å². The largest absolute Gasteiger partial charge is 3.00 e. The van der Waals surface area contributed by atoms with Crippen molar-refractivity contribution in [2.24, 2.45) is 0 Å².